The fraction of sp³-hybridized carbons (Fsp3) is 0.417. The summed E-state index contributed by atoms with van der Waals surface area (Å²) in [6.45, 7) is 3.29. The molecule has 0 spiro atoms. The third kappa shape index (κ3) is 3.64. The Morgan fingerprint density at radius 2 is 2.12 bits per heavy atom. The molecule has 1 aromatic rings. The van der Waals surface area contributed by atoms with Gasteiger partial charge in [-0.1, -0.05) is 37.3 Å². The molecule has 0 aliphatic heterocycles. The lowest BCUT2D eigenvalue weighted by atomic mass is 10.0. The molecule has 0 bridgehead atoms. The second-order valence-corrected chi connectivity index (χ2v) is 3.54. The highest BCUT2D eigenvalue weighted by molar-refractivity contribution is 5.88. The van der Waals surface area contributed by atoms with Crippen molar-refractivity contribution in [1.29, 1.82) is 0 Å². The lowest BCUT2D eigenvalue weighted by molar-refractivity contribution is 0.208. The molecule has 0 amide bonds. The molecular weight excluding hydrogens is 202 g/mol. The van der Waals surface area contributed by atoms with Crippen molar-refractivity contribution in [2.45, 2.75) is 12.8 Å². The zero-order valence-electron chi connectivity index (χ0n) is 9.81. The largest absolute Gasteiger partial charge is 0.383 e. The lowest BCUT2D eigenvalue weighted by Gasteiger charge is -2.14. The molecule has 0 saturated carbocycles. The van der Waals surface area contributed by atoms with Crippen LogP contribution in [-0.4, -0.2) is 26.1 Å². The molecule has 1 aromatic carbocycles. The average Bonchev–Trinajstić information content (AvgIpc) is 2.35. The molecule has 0 aliphatic carbocycles. The van der Waals surface area contributed by atoms with E-state index in [1.807, 2.05) is 18.2 Å². The summed E-state index contributed by atoms with van der Waals surface area (Å²) < 4.78 is 4.95. The predicted molar refractivity (Wildman–Crippen MR) is 66.4 cm³/mol. The number of amidine groups is 1. The second kappa shape index (κ2) is 6.98. The molecule has 0 saturated heterocycles. The molecule has 0 heterocycles. The first kappa shape index (κ1) is 12.7. The molecule has 1 atom stereocenters. The van der Waals surface area contributed by atoms with Gasteiger partial charge in [-0.15, -0.1) is 0 Å². The molecule has 88 valence electrons. The highest BCUT2D eigenvalue weighted by Crippen LogP contribution is 2.14. The van der Waals surface area contributed by atoms with E-state index in [9.17, 15) is 0 Å². The Hall–Kier alpha value is -1.39. The van der Waals surface area contributed by atoms with E-state index in [4.69, 9.17) is 10.6 Å². The Balaban J connectivity index is 2.69. The molecule has 0 aliphatic rings. The van der Waals surface area contributed by atoms with Crippen LogP contribution in [0, 0.1) is 0 Å². The fourth-order valence-corrected chi connectivity index (χ4v) is 1.46. The molecule has 4 heteroatoms. The molecule has 3 N–H and O–H groups in total. The Morgan fingerprint density at radius 1 is 1.44 bits per heavy atom. The first-order valence-corrected chi connectivity index (χ1v) is 5.34. The lowest BCUT2D eigenvalue weighted by Crippen LogP contribution is -2.34. The summed E-state index contributed by atoms with van der Waals surface area (Å²) >= 11 is 0. The zero-order valence-corrected chi connectivity index (χ0v) is 9.81. The molecule has 1 rings (SSSR count). The molecule has 0 aromatic heterocycles. The van der Waals surface area contributed by atoms with Crippen molar-refractivity contribution >= 4 is 5.84 Å². The van der Waals surface area contributed by atoms with Crippen LogP contribution in [0.15, 0.2) is 35.3 Å². The molecule has 4 nitrogen and oxygen atoms in total. The van der Waals surface area contributed by atoms with Gasteiger partial charge in [0, 0.05) is 13.0 Å². The van der Waals surface area contributed by atoms with Gasteiger partial charge in [-0.2, -0.15) is 0 Å². The van der Waals surface area contributed by atoms with Gasteiger partial charge in [-0.25, -0.2) is 5.84 Å². The van der Waals surface area contributed by atoms with Crippen molar-refractivity contribution in [1.82, 2.24) is 5.43 Å². The minimum absolute atomic E-state index is 0.169. The smallest absolute Gasteiger partial charge is 0.118 e. The number of hydrazine groups is 1. The highest BCUT2D eigenvalue weighted by Gasteiger charge is 2.10. The van der Waals surface area contributed by atoms with Gasteiger partial charge in [0.05, 0.1) is 13.2 Å². The normalized spacial score (nSPS) is 13.6. The summed E-state index contributed by atoms with van der Waals surface area (Å²) in [7, 11) is 1.66. The van der Waals surface area contributed by atoms with Crippen LogP contribution in [0.1, 0.15) is 18.4 Å². The maximum absolute atomic E-state index is 5.47. The number of hydrogen-bond acceptors (Lipinski definition) is 3. The van der Waals surface area contributed by atoms with Gasteiger partial charge in [0.1, 0.15) is 5.84 Å². The maximum atomic E-state index is 5.47. The Morgan fingerprint density at radius 3 is 2.69 bits per heavy atom. The van der Waals surface area contributed by atoms with E-state index in [2.05, 4.69) is 29.5 Å². The minimum atomic E-state index is 0.169. The van der Waals surface area contributed by atoms with Gasteiger partial charge in [0.15, 0.2) is 0 Å². The van der Waals surface area contributed by atoms with Gasteiger partial charge >= 0.3 is 0 Å². The summed E-state index contributed by atoms with van der Waals surface area (Å²) in [6.07, 6.45) is 0. The zero-order chi connectivity index (χ0) is 11.8. The molecule has 16 heavy (non-hydrogen) atoms. The predicted octanol–water partition coefficient (Wildman–Crippen LogP) is 1.30. The number of aliphatic imine (C=N–C) groups is 1. The van der Waals surface area contributed by atoms with E-state index in [1.165, 1.54) is 5.56 Å². The summed E-state index contributed by atoms with van der Waals surface area (Å²) in [6, 6.07) is 10.1. The monoisotopic (exact) mass is 221 g/mol. The number of methoxy groups -OCH3 is 1. The minimum Gasteiger partial charge on any atom is -0.383 e. The van der Waals surface area contributed by atoms with Gasteiger partial charge in [0.25, 0.3) is 0 Å². The third-order valence-corrected chi connectivity index (χ3v) is 2.44. The number of ether oxygens (including phenoxy) is 1. The first-order valence-electron chi connectivity index (χ1n) is 5.34. The summed E-state index contributed by atoms with van der Waals surface area (Å²) in [5.74, 6) is 6.42. The van der Waals surface area contributed by atoms with E-state index in [-0.39, 0.29) is 5.92 Å². The third-order valence-electron chi connectivity index (χ3n) is 2.44. The van der Waals surface area contributed by atoms with Crippen molar-refractivity contribution in [2.75, 3.05) is 20.3 Å². The van der Waals surface area contributed by atoms with Crippen LogP contribution in [0.3, 0.4) is 0 Å². The Bertz CT molecular complexity index is 324. The van der Waals surface area contributed by atoms with Gasteiger partial charge < -0.3 is 10.2 Å². The fourth-order valence-electron chi connectivity index (χ4n) is 1.46. The van der Waals surface area contributed by atoms with Gasteiger partial charge in [-0.3, -0.25) is 4.99 Å². The standard InChI is InChI=1S/C12H19N3O/c1-10(11-6-4-3-5-7-11)12(15-13)14-8-9-16-2/h3-7,10H,8-9,13H2,1-2H3,(H,14,15). The summed E-state index contributed by atoms with van der Waals surface area (Å²) in [4.78, 5) is 4.36. The highest BCUT2D eigenvalue weighted by atomic mass is 16.5. The van der Waals surface area contributed by atoms with E-state index < -0.39 is 0 Å². The van der Waals surface area contributed by atoms with Crippen LogP contribution in [0.25, 0.3) is 0 Å². The van der Waals surface area contributed by atoms with E-state index in [0.29, 0.717) is 13.2 Å². The molecule has 0 fully saturated rings. The number of nitrogens with zero attached hydrogens (tertiary/aromatic N) is 1. The molecular formula is C12H19N3O. The quantitative estimate of drug-likeness (QED) is 0.259. The number of nitrogens with two attached hydrogens (primary N) is 1. The summed E-state index contributed by atoms with van der Waals surface area (Å²) in [5.41, 5.74) is 3.84. The van der Waals surface area contributed by atoms with Gasteiger partial charge in [-0.05, 0) is 5.56 Å². The van der Waals surface area contributed by atoms with Crippen LogP contribution in [0.2, 0.25) is 0 Å². The number of hydrogen-bond donors (Lipinski definition) is 2. The van der Waals surface area contributed by atoms with Crippen LogP contribution in [0.5, 0.6) is 0 Å². The topological polar surface area (TPSA) is 59.6 Å². The Kier molecular flexibility index (Phi) is 5.53. The van der Waals surface area contributed by atoms with Gasteiger partial charge in [0.2, 0.25) is 0 Å². The molecule has 0 radical (unpaired) electrons. The number of benzene rings is 1. The van der Waals surface area contributed by atoms with E-state index in [1.54, 1.807) is 7.11 Å². The first-order chi connectivity index (χ1) is 7.79. The van der Waals surface area contributed by atoms with Crippen molar-refractivity contribution < 1.29 is 4.74 Å². The van der Waals surface area contributed by atoms with Crippen LogP contribution >= 0.6 is 0 Å². The molecule has 1 unspecified atom stereocenters. The average molecular weight is 221 g/mol. The number of nitrogens with one attached hydrogen (secondary N) is 1. The van der Waals surface area contributed by atoms with E-state index in [0.717, 1.165) is 5.84 Å². The maximum Gasteiger partial charge on any atom is 0.118 e. The van der Waals surface area contributed by atoms with Crippen molar-refractivity contribution in [3.05, 3.63) is 35.9 Å². The van der Waals surface area contributed by atoms with Crippen molar-refractivity contribution in [3.8, 4) is 0 Å². The SMILES string of the molecule is COCCN=C(NN)C(C)c1ccccc1. The Labute approximate surface area is 96.5 Å². The summed E-state index contributed by atoms with van der Waals surface area (Å²) in [5, 5.41) is 0. The second-order valence-electron chi connectivity index (χ2n) is 3.54. The van der Waals surface area contributed by atoms with Crippen LogP contribution < -0.4 is 11.3 Å². The number of rotatable bonds is 5. The van der Waals surface area contributed by atoms with Crippen LogP contribution in [-0.2, 0) is 4.74 Å². The van der Waals surface area contributed by atoms with E-state index >= 15 is 0 Å². The van der Waals surface area contributed by atoms with Crippen molar-refractivity contribution in [3.63, 3.8) is 0 Å². The van der Waals surface area contributed by atoms with Crippen LogP contribution in [0.4, 0.5) is 0 Å². The van der Waals surface area contributed by atoms with Crippen molar-refractivity contribution in [2.24, 2.45) is 10.8 Å².